The molecule has 3 aliphatic rings. The summed E-state index contributed by atoms with van der Waals surface area (Å²) < 4.78 is 49.7. The molecule has 0 radical (unpaired) electrons. The van der Waals surface area contributed by atoms with Gasteiger partial charge in [-0.1, -0.05) is 18.2 Å². The number of allylic oxidation sites excluding steroid dienone is 1. The first kappa shape index (κ1) is 16.9. The number of nitrogens with one attached hydrogen (secondary N) is 2. The second-order valence-electron chi connectivity index (χ2n) is 6.38. The molecule has 2 N–H and O–H groups in total. The van der Waals surface area contributed by atoms with E-state index in [0.29, 0.717) is 24.2 Å². The number of carbonyl (C=O) groups excluding carboxylic acids is 2. The fourth-order valence-corrected chi connectivity index (χ4v) is 3.98. The maximum Gasteiger partial charge on any atom is 0.490 e. The number of rotatable bonds is 1. The highest BCUT2D eigenvalue weighted by Crippen LogP contribution is 2.54. The van der Waals surface area contributed by atoms with Crippen molar-refractivity contribution in [1.29, 1.82) is 0 Å². The monoisotopic (exact) mass is 368 g/mol. The van der Waals surface area contributed by atoms with E-state index in [-0.39, 0.29) is 18.8 Å². The lowest BCUT2D eigenvalue weighted by molar-refractivity contribution is -0.222. The van der Waals surface area contributed by atoms with Gasteiger partial charge in [-0.3, -0.25) is 10.1 Å². The van der Waals surface area contributed by atoms with Crippen molar-refractivity contribution < 1.29 is 32.2 Å². The number of halogens is 3. The number of benzene rings is 1. The molecule has 2 aliphatic heterocycles. The van der Waals surface area contributed by atoms with Crippen molar-refractivity contribution in [2.75, 3.05) is 6.67 Å². The molecule has 0 bridgehead atoms. The molecular formula is C17H15F3N2O4. The van der Waals surface area contributed by atoms with Gasteiger partial charge in [0.2, 0.25) is 5.60 Å². The maximum atomic E-state index is 13.0. The summed E-state index contributed by atoms with van der Waals surface area (Å²) in [7, 11) is 0. The van der Waals surface area contributed by atoms with E-state index in [0.717, 1.165) is 0 Å². The Kier molecular flexibility index (Phi) is 3.56. The second kappa shape index (κ2) is 5.47. The lowest BCUT2D eigenvalue weighted by atomic mass is 9.67. The SMILES string of the molecule is O=C(OC12CCCC=C1Oc1ccccc1C21NCNC1=O)C(F)(F)F. The summed E-state index contributed by atoms with van der Waals surface area (Å²) in [6.45, 7) is 0.0335. The van der Waals surface area contributed by atoms with E-state index < -0.39 is 29.2 Å². The summed E-state index contributed by atoms with van der Waals surface area (Å²) in [6.07, 6.45) is -2.60. The maximum absolute atomic E-state index is 13.0. The average molecular weight is 368 g/mol. The number of alkyl halides is 3. The summed E-state index contributed by atoms with van der Waals surface area (Å²) in [6, 6.07) is 6.54. The van der Waals surface area contributed by atoms with Gasteiger partial charge in [0.05, 0.1) is 6.67 Å². The first-order valence-electron chi connectivity index (χ1n) is 8.13. The van der Waals surface area contributed by atoms with Crippen molar-refractivity contribution in [2.45, 2.75) is 36.6 Å². The third-order valence-electron chi connectivity index (χ3n) is 5.02. The van der Waals surface area contributed by atoms with Crippen LogP contribution in [0.15, 0.2) is 36.1 Å². The van der Waals surface area contributed by atoms with Gasteiger partial charge in [-0.2, -0.15) is 13.2 Å². The number of fused-ring (bicyclic) bond motifs is 4. The van der Waals surface area contributed by atoms with Gasteiger partial charge < -0.3 is 14.8 Å². The van der Waals surface area contributed by atoms with E-state index in [1.165, 1.54) is 0 Å². The molecular weight excluding hydrogens is 353 g/mol. The highest BCUT2D eigenvalue weighted by atomic mass is 19.4. The fourth-order valence-electron chi connectivity index (χ4n) is 3.98. The molecule has 1 aromatic carbocycles. The van der Waals surface area contributed by atoms with Crippen LogP contribution in [0.1, 0.15) is 24.8 Å². The molecule has 4 rings (SSSR count). The summed E-state index contributed by atoms with van der Waals surface area (Å²) in [4.78, 5) is 24.6. The Morgan fingerprint density at radius 2 is 2.04 bits per heavy atom. The molecule has 26 heavy (non-hydrogen) atoms. The molecule has 1 fully saturated rings. The Morgan fingerprint density at radius 3 is 2.73 bits per heavy atom. The fraction of sp³-hybridized carbons (Fsp3) is 0.412. The van der Waals surface area contributed by atoms with Gasteiger partial charge in [0.25, 0.3) is 5.91 Å². The molecule has 9 heteroatoms. The quantitative estimate of drug-likeness (QED) is 0.740. The molecule has 2 atom stereocenters. The summed E-state index contributed by atoms with van der Waals surface area (Å²) in [5.74, 6) is -2.53. The van der Waals surface area contributed by atoms with Crippen molar-refractivity contribution in [2.24, 2.45) is 0 Å². The van der Waals surface area contributed by atoms with Crippen molar-refractivity contribution in [3.63, 3.8) is 0 Å². The van der Waals surface area contributed by atoms with Gasteiger partial charge in [0.1, 0.15) is 11.5 Å². The molecule has 1 amide bonds. The number of esters is 1. The molecule has 0 aromatic heterocycles. The minimum atomic E-state index is -5.19. The smallest absolute Gasteiger partial charge is 0.457 e. The number of amides is 1. The van der Waals surface area contributed by atoms with Gasteiger partial charge in [-0.25, -0.2) is 4.79 Å². The van der Waals surface area contributed by atoms with Gasteiger partial charge in [0.15, 0.2) is 5.54 Å². The summed E-state index contributed by atoms with van der Waals surface area (Å²) >= 11 is 0. The predicted octanol–water partition coefficient (Wildman–Crippen LogP) is 1.86. The first-order valence-corrected chi connectivity index (χ1v) is 8.13. The highest BCUT2D eigenvalue weighted by Gasteiger charge is 2.69. The highest BCUT2D eigenvalue weighted by molar-refractivity contribution is 5.94. The Labute approximate surface area is 146 Å². The van der Waals surface area contributed by atoms with E-state index in [1.54, 1.807) is 30.3 Å². The summed E-state index contributed by atoms with van der Waals surface area (Å²) in [5, 5.41) is 5.53. The zero-order chi connectivity index (χ0) is 18.6. The minimum Gasteiger partial charge on any atom is -0.457 e. The van der Waals surface area contributed by atoms with Crippen LogP contribution in [0.3, 0.4) is 0 Å². The molecule has 0 saturated carbocycles. The van der Waals surface area contributed by atoms with E-state index in [9.17, 15) is 22.8 Å². The Hall–Kier alpha value is -2.55. The molecule has 1 aromatic rings. The van der Waals surface area contributed by atoms with Crippen LogP contribution in [0.2, 0.25) is 0 Å². The first-order chi connectivity index (χ1) is 12.3. The number of para-hydroxylation sites is 1. The molecule has 138 valence electrons. The number of hydrogen-bond donors (Lipinski definition) is 2. The lowest BCUT2D eigenvalue weighted by Gasteiger charge is -2.51. The zero-order valence-corrected chi connectivity index (χ0v) is 13.5. The molecule has 1 aliphatic carbocycles. The minimum absolute atomic E-state index is 0.0232. The third-order valence-corrected chi connectivity index (χ3v) is 5.02. The van der Waals surface area contributed by atoms with Crippen molar-refractivity contribution in [3.8, 4) is 5.75 Å². The van der Waals surface area contributed by atoms with Crippen LogP contribution >= 0.6 is 0 Å². The Morgan fingerprint density at radius 1 is 1.27 bits per heavy atom. The standard InChI is InChI=1S/C17H15F3N2O4/c18-17(19,20)14(24)26-15-8-4-3-7-12(15)25-11-6-2-1-5-10(11)16(15)13(23)21-9-22-16/h1-2,5-7,22H,3-4,8-9H2,(H,21,23). The number of carbonyl (C=O) groups is 2. The zero-order valence-electron chi connectivity index (χ0n) is 13.5. The number of ether oxygens (including phenoxy) is 2. The molecule has 1 spiro atoms. The van der Waals surface area contributed by atoms with Crippen LogP contribution in [0.5, 0.6) is 5.75 Å². The van der Waals surface area contributed by atoms with Crippen molar-refractivity contribution in [3.05, 3.63) is 41.7 Å². The average Bonchev–Trinajstić information content (AvgIpc) is 2.98. The van der Waals surface area contributed by atoms with E-state index in [4.69, 9.17) is 9.47 Å². The number of hydrogen-bond acceptors (Lipinski definition) is 5. The van der Waals surface area contributed by atoms with Crippen LogP contribution in [-0.4, -0.2) is 30.3 Å². The van der Waals surface area contributed by atoms with E-state index in [1.807, 2.05) is 0 Å². The largest absolute Gasteiger partial charge is 0.490 e. The summed E-state index contributed by atoms with van der Waals surface area (Å²) in [5.41, 5.74) is -3.26. The Bertz CT molecular complexity index is 822. The Balaban J connectivity index is 1.96. The van der Waals surface area contributed by atoms with Crippen LogP contribution in [0.25, 0.3) is 0 Å². The second-order valence-corrected chi connectivity index (χ2v) is 6.38. The topological polar surface area (TPSA) is 76.7 Å². The molecule has 2 unspecified atom stereocenters. The van der Waals surface area contributed by atoms with Crippen LogP contribution in [0.4, 0.5) is 13.2 Å². The molecule has 1 saturated heterocycles. The van der Waals surface area contributed by atoms with E-state index >= 15 is 0 Å². The van der Waals surface area contributed by atoms with Crippen LogP contribution < -0.4 is 15.4 Å². The van der Waals surface area contributed by atoms with Gasteiger partial charge in [-0.05, 0) is 31.4 Å². The predicted molar refractivity (Wildman–Crippen MR) is 81.7 cm³/mol. The molecule has 6 nitrogen and oxygen atoms in total. The lowest BCUT2D eigenvalue weighted by Crippen LogP contribution is -2.68. The normalized spacial score (nSPS) is 30.0. The van der Waals surface area contributed by atoms with Gasteiger partial charge >= 0.3 is 12.1 Å². The van der Waals surface area contributed by atoms with Crippen LogP contribution in [-0.2, 0) is 19.9 Å². The van der Waals surface area contributed by atoms with Gasteiger partial charge in [0, 0.05) is 5.56 Å². The van der Waals surface area contributed by atoms with Crippen molar-refractivity contribution in [1.82, 2.24) is 10.6 Å². The van der Waals surface area contributed by atoms with Crippen LogP contribution in [0, 0.1) is 0 Å². The van der Waals surface area contributed by atoms with Gasteiger partial charge in [-0.15, -0.1) is 0 Å². The van der Waals surface area contributed by atoms with Crippen molar-refractivity contribution >= 4 is 11.9 Å². The molecule has 2 heterocycles. The van der Waals surface area contributed by atoms with E-state index in [2.05, 4.69) is 10.6 Å². The third kappa shape index (κ3) is 2.09.